The first kappa shape index (κ1) is 14.4. The van der Waals surface area contributed by atoms with E-state index in [9.17, 15) is 9.59 Å². The van der Waals surface area contributed by atoms with E-state index in [4.69, 9.17) is 9.47 Å². The Bertz CT molecular complexity index is 194. The minimum absolute atomic E-state index is 0.0907. The van der Waals surface area contributed by atoms with Gasteiger partial charge in [0.2, 0.25) is 0 Å². The molecule has 4 nitrogen and oxygen atoms in total. The predicted octanol–water partition coefficient (Wildman–Crippen LogP) is 2.07. The van der Waals surface area contributed by atoms with Crippen LogP contribution in [0.5, 0.6) is 0 Å². The minimum atomic E-state index is -0.363. The first-order valence-electron chi connectivity index (χ1n) is 4.11. The van der Waals surface area contributed by atoms with E-state index < -0.39 is 0 Å². The number of alkyl halides is 2. The van der Waals surface area contributed by atoms with Crippen LogP contribution in [0.2, 0.25) is 0 Å². The van der Waals surface area contributed by atoms with Gasteiger partial charge in [0.1, 0.15) is 10.7 Å². The average Bonchev–Trinajstić information content (AvgIpc) is 2.10. The molecule has 0 amide bonds. The van der Waals surface area contributed by atoms with Crippen LogP contribution in [0.3, 0.4) is 0 Å². The smallest absolute Gasteiger partial charge is 0.307 e. The van der Waals surface area contributed by atoms with Crippen LogP contribution in [0.25, 0.3) is 0 Å². The Balaban J connectivity index is 3.51. The van der Waals surface area contributed by atoms with Crippen molar-refractivity contribution in [2.75, 3.05) is 11.0 Å². The molecule has 0 bridgehead atoms. The molecular weight excluding hydrogens is 414 g/mol. The van der Waals surface area contributed by atoms with Gasteiger partial charge >= 0.3 is 11.9 Å². The van der Waals surface area contributed by atoms with Gasteiger partial charge in [-0.15, -0.1) is 0 Å². The van der Waals surface area contributed by atoms with Crippen LogP contribution in [-0.2, 0) is 19.1 Å². The van der Waals surface area contributed by atoms with Crippen molar-refractivity contribution in [2.24, 2.45) is 0 Å². The molecule has 0 aromatic heterocycles. The number of halogens is 2. The summed E-state index contributed by atoms with van der Waals surface area (Å²) in [6.45, 7) is 2.16. The molecule has 0 radical (unpaired) electrons. The van der Waals surface area contributed by atoms with Crippen molar-refractivity contribution < 1.29 is 19.1 Å². The maximum absolute atomic E-state index is 11.0. The molecule has 0 rings (SSSR count). The van der Waals surface area contributed by atoms with Crippen LogP contribution in [0.4, 0.5) is 0 Å². The van der Waals surface area contributed by atoms with E-state index >= 15 is 0 Å². The topological polar surface area (TPSA) is 52.6 Å². The van der Waals surface area contributed by atoms with E-state index in [0.29, 0.717) is 6.61 Å². The van der Waals surface area contributed by atoms with Crippen molar-refractivity contribution in [2.45, 2.75) is 23.9 Å². The van der Waals surface area contributed by atoms with Crippen LogP contribution < -0.4 is 0 Å². The van der Waals surface area contributed by atoms with Crippen molar-refractivity contribution in [3.05, 3.63) is 0 Å². The summed E-state index contributed by atoms with van der Waals surface area (Å²) in [5.41, 5.74) is 0. The summed E-state index contributed by atoms with van der Waals surface area (Å²) in [5.74, 6) is -0.710. The third-order valence-electron chi connectivity index (χ3n) is 1.17. The Morgan fingerprint density at radius 2 is 1.86 bits per heavy atom. The summed E-state index contributed by atoms with van der Waals surface area (Å²) in [6.07, 6.45) is 0.187. The van der Waals surface area contributed by atoms with Crippen molar-refractivity contribution in [1.82, 2.24) is 0 Å². The summed E-state index contributed by atoms with van der Waals surface area (Å²) in [4.78, 5) is 22.0. The molecule has 0 N–H and O–H groups in total. The second-order valence-corrected chi connectivity index (χ2v) is 5.28. The van der Waals surface area contributed by atoms with Gasteiger partial charge in [-0.3, -0.25) is 9.59 Å². The second kappa shape index (κ2) is 8.69. The van der Waals surface area contributed by atoms with Gasteiger partial charge in [0.15, 0.2) is 0 Å². The molecule has 1 unspecified atom stereocenters. The van der Waals surface area contributed by atoms with Gasteiger partial charge in [-0.25, -0.2) is 0 Å². The highest BCUT2D eigenvalue weighted by Crippen LogP contribution is 2.04. The van der Waals surface area contributed by atoms with Gasteiger partial charge in [0.05, 0.1) is 12.8 Å². The van der Waals surface area contributed by atoms with Crippen LogP contribution in [-0.4, -0.2) is 27.1 Å². The van der Waals surface area contributed by atoms with Gasteiger partial charge in [-0.2, -0.15) is 0 Å². The van der Waals surface area contributed by atoms with E-state index in [1.807, 2.05) is 22.6 Å². The maximum atomic E-state index is 11.0. The number of carbonyl (C=O) groups is 2. The average molecular weight is 426 g/mol. The third kappa shape index (κ3) is 8.97. The number of carbonyl (C=O) groups excluding carboxylic acids is 2. The van der Waals surface area contributed by atoms with E-state index in [1.165, 1.54) is 0 Å². The highest BCUT2D eigenvalue weighted by atomic mass is 127. The molecule has 0 saturated heterocycles. The van der Waals surface area contributed by atoms with Crippen LogP contribution in [0.1, 0.15) is 19.8 Å². The lowest BCUT2D eigenvalue weighted by Crippen LogP contribution is -2.13. The quantitative estimate of drug-likeness (QED) is 0.371. The molecule has 0 aliphatic heterocycles. The van der Waals surface area contributed by atoms with E-state index in [1.54, 1.807) is 6.92 Å². The number of hydrogen-bond donors (Lipinski definition) is 0. The van der Waals surface area contributed by atoms with Gasteiger partial charge < -0.3 is 9.47 Å². The monoisotopic (exact) mass is 426 g/mol. The van der Waals surface area contributed by atoms with Gasteiger partial charge in [-0.05, 0) is 29.5 Å². The van der Waals surface area contributed by atoms with Gasteiger partial charge in [0.25, 0.3) is 0 Å². The molecule has 14 heavy (non-hydrogen) atoms. The molecule has 0 aliphatic rings. The Hall–Kier alpha value is 0.400. The second-order valence-electron chi connectivity index (χ2n) is 2.44. The molecule has 0 spiro atoms. The predicted molar refractivity (Wildman–Crippen MR) is 68.7 cm³/mol. The Kier molecular flexibility index (Phi) is 8.94. The number of hydrogen-bond acceptors (Lipinski definition) is 4. The first-order valence-corrected chi connectivity index (χ1v) is 6.88. The van der Waals surface area contributed by atoms with Crippen LogP contribution in [0.15, 0.2) is 0 Å². The Morgan fingerprint density at radius 3 is 2.36 bits per heavy atom. The Morgan fingerprint density at radius 1 is 1.29 bits per heavy atom. The molecule has 0 saturated carbocycles. The zero-order valence-corrected chi connectivity index (χ0v) is 12.1. The normalized spacial score (nSPS) is 11.9. The van der Waals surface area contributed by atoms with E-state index in [2.05, 4.69) is 22.6 Å². The molecule has 0 aliphatic carbocycles. The number of rotatable bonds is 6. The van der Waals surface area contributed by atoms with Crippen molar-refractivity contribution >= 4 is 57.1 Å². The first-order chi connectivity index (χ1) is 6.56. The standard InChI is InChI=1S/C8H12I2O4/c1-6(10)14-8(12)3-2-7(11)13-5-4-9/h6H,2-5H2,1H3. The highest BCUT2D eigenvalue weighted by molar-refractivity contribution is 14.1. The molecule has 0 fully saturated rings. The SMILES string of the molecule is CC(I)OC(=O)CCC(=O)OCCI. The van der Waals surface area contributed by atoms with Crippen molar-refractivity contribution in [1.29, 1.82) is 0 Å². The number of esters is 2. The zero-order valence-electron chi connectivity index (χ0n) is 7.79. The van der Waals surface area contributed by atoms with Crippen molar-refractivity contribution in [3.63, 3.8) is 0 Å². The minimum Gasteiger partial charge on any atom is -0.465 e. The lowest BCUT2D eigenvalue weighted by molar-refractivity contribution is -0.150. The number of ether oxygens (including phenoxy) is 2. The summed E-state index contributed by atoms with van der Waals surface area (Å²) < 4.78 is 10.2. The molecule has 82 valence electrons. The molecule has 1 atom stereocenters. The summed E-state index contributed by atoms with van der Waals surface area (Å²) in [6, 6.07) is 0. The van der Waals surface area contributed by atoms with E-state index in [0.717, 1.165) is 4.43 Å². The molecule has 0 heterocycles. The molecule has 0 aromatic carbocycles. The fraction of sp³-hybridized carbons (Fsp3) is 0.750. The third-order valence-corrected chi connectivity index (χ3v) is 1.86. The molecule has 0 aromatic rings. The Labute approximate surface area is 110 Å². The lowest BCUT2D eigenvalue weighted by Gasteiger charge is -2.06. The van der Waals surface area contributed by atoms with Crippen molar-refractivity contribution in [3.8, 4) is 0 Å². The van der Waals surface area contributed by atoms with Gasteiger partial charge in [0, 0.05) is 4.43 Å². The molecule has 6 heteroatoms. The zero-order chi connectivity index (χ0) is 11.0. The lowest BCUT2D eigenvalue weighted by atomic mass is 10.3. The fourth-order valence-corrected chi connectivity index (χ4v) is 1.17. The summed E-state index contributed by atoms with van der Waals surface area (Å²) in [5, 5.41) is 0. The summed E-state index contributed by atoms with van der Waals surface area (Å²) in [7, 11) is 0. The molecular formula is C8H12I2O4. The van der Waals surface area contributed by atoms with Gasteiger partial charge in [-0.1, -0.05) is 22.6 Å². The largest absolute Gasteiger partial charge is 0.465 e. The van der Waals surface area contributed by atoms with Crippen LogP contribution in [0, 0.1) is 0 Å². The summed E-state index contributed by atoms with van der Waals surface area (Å²) >= 11 is 4.09. The van der Waals surface area contributed by atoms with E-state index in [-0.39, 0.29) is 28.9 Å². The maximum Gasteiger partial charge on any atom is 0.307 e. The fourth-order valence-electron chi connectivity index (χ4n) is 0.669. The highest BCUT2D eigenvalue weighted by Gasteiger charge is 2.10. The van der Waals surface area contributed by atoms with Crippen LogP contribution >= 0.6 is 45.2 Å².